The molecule has 110 valence electrons. The Balaban J connectivity index is 1.60. The number of hydrogen-bond acceptors (Lipinski definition) is 4. The highest BCUT2D eigenvalue weighted by Gasteiger charge is 2.15. The summed E-state index contributed by atoms with van der Waals surface area (Å²) in [6, 6.07) is 7.92. The molecule has 3 N–H and O–H groups in total. The van der Waals surface area contributed by atoms with Gasteiger partial charge in [-0.2, -0.15) is 0 Å². The number of nitrogens with one attached hydrogen (secondary N) is 1. The second kappa shape index (κ2) is 7.87. The maximum Gasteiger partial charge on any atom is 0.246 e. The van der Waals surface area contributed by atoms with E-state index < -0.39 is 0 Å². The van der Waals surface area contributed by atoms with Gasteiger partial charge in [-0.1, -0.05) is 18.2 Å². The summed E-state index contributed by atoms with van der Waals surface area (Å²) in [5, 5.41) is 2.96. The van der Waals surface area contributed by atoms with E-state index in [1.54, 1.807) is 0 Å². The fourth-order valence-corrected chi connectivity index (χ4v) is 2.22. The Labute approximate surface area is 119 Å². The highest BCUT2D eigenvalue weighted by atomic mass is 16.5. The van der Waals surface area contributed by atoms with Crippen LogP contribution < -0.4 is 11.1 Å². The fourth-order valence-electron chi connectivity index (χ4n) is 2.22. The molecule has 1 aliphatic rings. The van der Waals surface area contributed by atoms with Gasteiger partial charge in [0.1, 0.15) is 6.61 Å². The number of benzene rings is 1. The minimum absolute atomic E-state index is 0.0575. The van der Waals surface area contributed by atoms with Gasteiger partial charge in [-0.05, 0) is 30.9 Å². The topological polar surface area (TPSA) is 73.6 Å². The Morgan fingerprint density at radius 2 is 2.10 bits per heavy atom. The van der Waals surface area contributed by atoms with Gasteiger partial charge in [0.25, 0.3) is 0 Å². The van der Waals surface area contributed by atoms with E-state index in [1.165, 1.54) is 0 Å². The van der Waals surface area contributed by atoms with Crippen LogP contribution in [-0.2, 0) is 20.7 Å². The van der Waals surface area contributed by atoms with Crippen LogP contribution in [0.2, 0.25) is 0 Å². The second-order valence-electron chi connectivity index (χ2n) is 4.96. The molecular weight excluding hydrogens is 256 g/mol. The van der Waals surface area contributed by atoms with Crippen molar-refractivity contribution >= 4 is 11.6 Å². The lowest BCUT2D eigenvalue weighted by molar-refractivity contribution is -0.127. The van der Waals surface area contributed by atoms with E-state index >= 15 is 0 Å². The zero-order valence-electron chi connectivity index (χ0n) is 11.6. The molecule has 5 nitrogen and oxygen atoms in total. The van der Waals surface area contributed by atoms with E-state index in [0.29, 0.717) is 6.61 Å². The summed E-state index contributed by atoms with van der Waals surface area (Å²) < 4.78 is 10.6. The van der Waals surface area contributed by atoms with E-state index in [2.05, 4.69) is 5.32 Å². The molecule has 1 fully saturated rings. The number of nitrogens with two attached hydrogens (primary N) is 1. The van der Waals surface area contributed by atoms with Crippen molar-refractivity contribution < 1.29 is 14.3 Å². The second-order valence-corrected chi connectivity index (χ2v) is 4.96. The Bertz CT molecular complexity index is 431. The van der Waals surface area contributed by atoms with Crippen molar-refractivity contribution in [3.8, 4) is 0 Å². The van der Waals surface area contributed by atoms with Crippen LogP contribution in [-0.4, -0.2) is 38.4 Å². The molecule has 0 aromatic heterocycles. The van der Waals surface area contributed by atoms with E-state index in [1.807, 2.05) is 24.3 Å². The van der Waals surface area contributed by atoms with Crippen LogP contribution in [0.15, 0.2) is 24.3 Å². The van der Waals surface area contributed by atoms with Crippen molar-refractivity contribution in [2.24, 2.45) is 0 Å². The first kappa shape index (κ1) is 14.8. The van der Waals surface area contributed by atoms with Crippen molar-refractivity contribution in [2.75, 3.05) is 32.2 Å². The third kappa shape index (κ3) is 4.83. The summed E-state index contributed by atoms with van der Waals surface area (Å²) in [6.45, 7) is 2.04. The molecule has 1 aromatic rings. The summed E-state index contributed by atoms with van der Waals surface area (Å²) >= 11 is 0. The maximum absolute atomic E-state index is 11.7. The number of carbonyl (C=O) groups excluding carboxylic acids is 1. The molecular formula is C15H22N2O3. The van der Waals surface area contributed by atoms with Crippen LogP contribution in [0.5, 0.6) is 0 Å². The van der Waals surface area contributed by atoms with Crippen LogP contribution >= 0.6 is 0 Å². The molecule has 1 aromatic carbocycles. The molecule has 0 aliphatic carbocycles. The van der Waals surface area contributed by atoms with E-state index in [9.17, 15) is 4.79 Å². The molecule has 2 rings (SSSR count). The predicted molar refractivity (Wildman–Crippen MR) is 77.4 cm³/mol. The number of nitrogen functional groups attached to an aromatic ring is 1. The van der Waals surface area contributed by atoms with Crippen LogP contribution in [0, 0.1) is 0 Å². The number of anilines is 1. The smallest absolute Gasteiger partial charge is 0.246 e. The highest BCUT2D eigenvalue weighted by Crippen LogP contribution is 2.11. The van der Waals surface area contributed by atoms with Gasteiger partial charge in [0.15, 0.2) is 0 Å². The third-order valence-corrected chi connectivity index (χ3v) is 3.39. The quantitative estimate of drug-likeness (QED) is 0.604. The predicted octanol–water partition coefficient (Wildman–Crippen LogP) is 1.12. The Kier molecular flexibility index (Phi) is 5.83. The van der Waals surface area contributed by atoms with Crippen molar-refractivity contribution in [1.29, 1.82) is 0 Å². The number of carbonyl (C=O) groups is 1. The minimum Gasteiger partial charge on any atom is -0.399 e. The van der Waals surface area contributed by atoms with Crippen molar-refractivity contribution in [1.82, 2.24) is 5.32 Å². The average Bonchev–Trinajstić information content (AvgIpc) is 2.46. The monoisotopic (exact) mass is 278 g/mol. The standard InChI is InChI=1S/C15H22N2O3/c16-14-4-2-1-3-12(14)5-8-20-11-15(18)17-13-6-9-19-10-7-13/h1-4,13H,5-11,16H2,(H,17,18). The lowest BCUT2D eigenvalue weighted by atomic mass is 10.1. The first-order valence-corrected chi connectivity index (χ1v) is 7.04. The average molecular weight is 278 g/mol. The molecule has 0 spiro atoms. The molecule has 0 radical (unpaired) electrons. The van der Waals surface area contributed by atoms with Gasteiger partial charge in [0.2, 0.25) is 5.91 Å². The number of para-hydroxylation sites is 1. The Hall–Kier alpha value is -1.59. The van der Waals surface area contributed by atoms with Gasteiger partial charge in [-0.3, -0.25) is 4.79 Å². The molecule has 1 amide bonds. The maximum atomic E-state index is 11.7. The van der Waals surface area contributed by atoms with Gasteiger partial charge in [-0.15, -0.1) is 0 Å². The summed E-state index contributed by atoms with van der Waals surface area (Å²) in [4.78, 5) is 11.7. The molecule has 1 saturated heterocycles. The van der Waals surface area contributed by atoms with Gasteiger partial charge < -0.3 is 20.5 Å². The summed E-state index contributed by atoms with van der Waals surface area (Å²) in [5.41, 5.74) is 7.66. The number of rotatable bonds is 6. The van der Waals surface area contributed by atoms with Crippen LogP contribution in [0.25, 0.3) is 0 Å². The van der Waals surface area contributed by atoms with E-state index in [-0.39, 0.29) is 18.6 Å². The molecule has 0 bridgehead atoms. The zero-order chi connectivity index (χ0) is 14.2. The molecule has 0 atom stereocenters. The summed E-state index contributed by atoms with van der Waals surface area (Å²) in [6.07, 6.45) is 2.48. The molecule has 20 heavy (non-hydrogen) atoms. The first-order valence-electron chi connectivity index (χ1n) is 7.04. The van der Waals surface area contributed by atoms with Gasteiger partial charge >= 0.3 is 0 Å². The van der Waals surface area contributed by atoms with Gasteiger partial charge in [0, 0.05) is 24.9 Å². The number of amides is 1. The van der Waals surface area contributed by atoms with Crippen molar-refractivity contribution in [3.63, 3.8) is 0 Å². The lowest BCUT2D eigenvalue weighted by Gasteiger charge is -2.23. The third-order valence-electron chi connectivity index (χ3n) is 3.39. The Morgan fingerprint density at radius 3 is 2.85 bits per heavy atom. The zero-order valence-corrected chi connectivity index (χ0v) is 11.6. The fraction of sp³-hybridized carbons (Fsp3) is 0.533. The van der Waals surface area contributed by atoms with Crippen LogP contribution in [0.1, 0.15) is 18.4 Å². The molecule has 0 saturated carbocycles. The molecule has 1 heterocycles. The van der Waals surface area contributed by atoms with Crippen molar-refractivity contribution in [2.45, 2.75) is 25.3 Å². The normalized spacial score (nSPS) is 16.0. The number of hydrogen-bond donors (Lipinski definition) is 2. The molecule has 5 heteroatoms. The van der Waals surface area contributed by atoms with E-state index in [0.717, 1.165) is 43.7 Å². The highest BCUT2D eigenvalue weighted by molar-refractivity contribution is 5.77. The summed E-state index contributed by atoms with van der Waals surface area (Å²) in [5.74, 6) is -0.0575. The molecule has 0 unspecified atom stereocenters. The van der Waals surface area contributed by atoms with Crippen molar-refractivity contribution in [3.05, 3.63) is 29.8 Å². The first-order chi connectivity index (χ1) is 9.75. The van der Waals surface area contributed by atoms with Gasteiger partial charge in [-0.25, -0.2) is 0 Å². The SMILES string of the molecule is Nc1ccccc1CCOCC(=O)NC1CCOCC1. The van der Waals surface area contributed by atoms with Gasteiger partial charge in [0.05, 0.1) is 6.61 Å². The van der Waals surface area contributed by atoms with Crippen LogP contribution in [0.3, 0.4) is 0 Å². The largest absolute Gasteiger partial charge is 0.399 e. The molecule has 1 aliphatic heterocycles. The lowest BCUT2D eigenvalue weighted by Crippen LogP contribution is -2.40. The van der Waals surface area contributed by atoms with E-state index in [4.69, 9.17) is 15.2 Å². The number of ether oxygens (including phenoxy) is 2. The minimum atomic E-state index is -0.0575. The summed E-state index contributed by atoms with van der Waals surface area (Å²) in [7, 11) is 0. The Morgan fingerprint density at radius 1 is 1.35 bits per heavy atom. The van der Waals surface area contributed by atoms with Crippen LogP contribution in [0.4, 0.5) is 5.69 Å².